The zero-order valence-corrected chi connectivity index (χ0v) is 15.3. The molecule has 3 rings (SSSR count). The Morgan fingerprint density at radius 3 is 2.67 bits per heavy atom. The highest BCUT2D eigenvalue weighted by Gasteiger charge is 2.38. The number of rotatable bonds is 6. The molecule has 1 aliphatic rings. The molecule has 1 aliphatic heterocycles. The number of hydrogen-bond acceptors (Lipinski definition) is 4. The summed E-state index contributed by atoms with van der Waals surface area (Å²) < 4.78 is 10.7. The molecule has 2 aromatic rings. The van der Waals surface area contributed by atoms with Crippen molar-refractivity contribution in [2.75, 3.05) is 13.7 Å². The number of esters is 1. The lowest BCUT2D eigenvalue weighted by Crippen LogP contribution is -2.44. The van der Waals surface area contributed by atoms with Crippen LogP contribution in [0.5, 0.6) is 5.75 Å². The molecule has 0 bridgehead atoms. The third kappa shape index (κ3) is 4.53. The fourth-order valence-electron chi connectivity index (χ4n) is 3.14. The lowest BCUT2D eigenvalue weighted by atomic mass is 9.88. The fourth-order valence-corrected chi connectivity index (χ4v) is 3.14. The number of ether oxygens (including phenoxy) is 2. The molecule has 6 nitrogen and oxygen atoms in total. The van der Waals surface area contributed by atoms with Crippen LogP contribution >= 0.6 is 0 Å². The van der Waals surface area contributed by atoms with Crippen molar-refractivity contribution >= 4 is 17.7 Å². The molecular formula is C21H22N2O4. The minimum Gasteiger partial charge on any atom is -0.497 e. The number of nitrogens with zero attached hydrogens (tertiary/aromatic N) is 1. The topological polar surface area (TPSA) is 77.0 Å². The molecule has 6 heteroatoms. The van der Waals surface area contributed by atoms with Gasteiger partial charge < -0.3 is 14.8 Å². The van der Waals surface area contributed by atoms with Gasteiger partial charge in [0.1, 0.15) is 11.7 Å². The quantitative estimate of drug-likeness (QED) is 0.796. The van der Waals surface area contributed by atoms with E-state index in [4.69, 9.17) is 9.47 Å². The second-order valence-corrected chi connectivity index (χ2v) is 6.34. The van der Waals surface area contributed by atoms with E-state index in [1.165, 1.54) is 0 Å². The van der Waals surface area contributed by atoms with Crippen molar-refractivity contribution in [3.63, 3.8) is 0 Å². The summed E-state index contributed by atoms with van der Waals surface area (Å²) in [5, 5.41) is 2.77. The number of methoxy groups -OCH3 is 1. The number of nitrogens with one attached hydrogen (secondary N) is 1. The van der Waals surface area contributed by atoms with Crippen LogP contribution in [0.25, 0.3) is 0 Å². The summed E-state index contributed by atoms with van der Waals surface area (Å²) in [6.45, 7) is 1.94. The van der Waals surface area contributed by atoms with E-state index in [0.29, 0.717) is 17.9 Å². The summed E-state index contributed by atoms with van der Waals surface area (Å²) in [6.07, 6.45) is 0.631. The van der Waals surface area contributed by atoms with Crippen molar-refractivity contribution in [1.29, 1.82) is 0 Å². The zero-order chi connectivity index (χ0) is 19.2. The Bertz CT molecular complexity index is 848. The van der Waals surface area contributed by atoms with E-state index in [0.717, 1.165) is 11.1 Å². The molecule has 0 aromatic heterocycles. The Kier molecular flexibility index (Phi) is 5.86. The van der Waals surface area contributed by atoms with Crippen molar-refractivity contribution in [3.05, 3.63) is 65.7 Å². The smallest absolute Gasteiger partial charge is 0.341 e. The molecule has 1 N–H and O–H groups in total. The molecule has 0 radical (unpaired) electrons. The van der Waals surface area contributed by atoms with Gasteiger partial charge in [-0.05, 0) is 30.2 Å². The zero-order valence-electron chi connectivity index (χ0n) is 15.3. The number of carbonyl (C=O) groups excluding carboxylic acids is 2. The van der Waals surface area contributed by atoms with E-state index < -0.39 is 24.0 Å². The van der Waals surface area contributed by atoms with Crippen LogP contribution in [0.15, 0.2) is 59.6 Å². The first-order chi connectivity index (χ1) is 13.1. The van der Waals surface area contributed by atoms with Crippen molar-refractivity contribution in [3.8, 4) is 5.75 Å². The molecule has 2 aromatic carbocycles. The van der Waals surface area contributed by atoms with E-state index in [1.54, 1.807) is 20.1 Å². The van der Waals surface area contributed by atoms with Crippen LogP contribution in [0.2, 0.25) is 0 Å². The second-order valence-electron chi connectivity index (χ2n) is 6.34. The molecule has 27 heavy (non-hydrogen) atoms. The lowest BCUT2D eigenvalue weighted by Gasteiger charge is -2.29. The Hall–Kier alpha value is -3.15. The van der Waals surface area contributed by atoms with Crippen molar-refractivity contribution in [2.45, 2.75) is 19.4 Å². The molecular weight excluding hydrogens is 344 g/mol. The van der Waals surface area contributed by atoms with Gasteiger partial charge in [0.05, 0.1) is 19.8 Å². The SMILES string of the molecule is COc1cccc(C2NC(=O)N=C(C)C2C(=O)OCCc2ccccc2)c1. The van der Waals surface area contributed by atoms with Gasteiger partial charge >= 0.3 is 12.0 Å². The first-order valence-corrected chi connectivity index (χ1v) is 8.78. The largest absolute Gasteiger partial charge is 0.497 e. The van der Waals surface area contributed by atoms with Crippen LogP contribution in [-0.4, -0.2) is 31.4 Å². The molecule has 1 heterocycles. The van der Waals surface area contributed by atoms with Crippen LogP contribution in [0.4, 0.5) is 4.79 Å². The molecule has 0 saturated heterocycles. The average molecular weight is 366 g/mol. The molecule has 0 saturated carbocycles. The summed E-state index contributed by atoms with van der Waals surface area (Å²) in [4.78, 5) is 28.6. The summed E-state index contributed by atoms with van der Waals surface area (Å²) in [6, 6.07) is 16.1. The maximum Gasteiger partial charge on any atom is 0.341 e. The van der Waals surface area contributed by atoms with Gasteiger partial charge in [-0.2, -0.15) is 0 Å². The Morgan fingerprint density at radius 2 is 1.93 bits per heavy atom. The monoisotopic (exact) mass is 366 g/mol. The fraction of sp³-hybridized carbons (Fsp3) is 0.286. The van der Waals surface area contributed by atoms with Gasteiger partial charge in [0.25, 0.3) is 0 Å². The van der Waals surface area contributed by atoms with Gasteiger partial charge in [0.15, 0.2) is 0 Å². The molecule has 0 aliphatic carbocycles. The van der Waals surface area contributed by atoms with Gasteiger partial charge in [-0.25, -0.2) is 9.79 Å². The second kappa shape index (κ2) is 8.49. The van der Waals surface area contributed by atoms with Gasteiger partial charge in [0.2, 0.25) is 0 Å². The lowest BCUT2D eigenvalue weighted by molar-refractivity contribution is -0.146. The van der Waals surface area contributed by atoms with Crippen LogP contribution in [0, 0.1) is 5.92 Å². The predicted octanol–water partition coefficient (Wildman–Crippen LogP) is 3.32. The van der Waals surface area contributed by atoms with E-state index in [2.05, 4.69) is 10.3 Å². The number of urea groups is 1. The normalized spacial score (nSPS) is 19.0. The molecule has 2 unspecified atom stereocenters. The minimum atomic E-state index is -0.675. The average Bonchev–Trinajstić information content (AvgIpc) is 2.68. The Labute approximate surface area is 158 Å². The molecule has 0 spiro atoms. The maximum absolute atomic E-state index is 12.8. The van der Waals surface area contributed by atoms with Crippen LogP contribution in [0.1, 0.15) is 24.1 Å². The van der Waals surface area contributed by atoms with E-state index in [-0.39, 0.29) is 6.61 Å². The third-order valence-corrected chi connectivity index (χ3v) is 4.53. The summed E-state index contributed by atoms with van der Waals surface area (Å²) in [5.41, 5.74) is 2.30. The molecule has 140 valence electrons. The highest BCUT2D eigenvalue weighted by molar-refractivity contribution is 6.08. The first kappa shape index (κ1) is 18.6. The van der Waals surface area contributed by atoms with Crippen LogP contribution in [0.3, 0.4) is 0 Å². The number of aliphatic imine (C=N–C) groups is 1. The highest BCUT2D eigenvalue weighted by atomic mass is 16.5. The third-order valence-electron chi connectivity index (χ3n) is 4.53. The van der Waals surface area contributed by atoms with Crippen molar-refractivity contribution in [2.24, 2.45) is 10.9 Å². The maximum atomic E-state index is 12.8. The molecule has 0 fully saturated rings. The predicted molar refractivity (Wildman–Crippen MR) is 102 cm³/mol. The van der Waals surface area contributed by atoms with Crippen LogP contribution < -0.4 is 10.1 Å². The van der Waals surface area contributed by atoms with Gasteiger partial charge in [-0.3, -0.25) is 4.79 Å². The first-order valence-electron chi connectivity index (χ1n) is 8.78. The van der Waals surface area contributed by atoms with Gasteiger partial charge in [0, 0.05) is 12.1 Å². The number of amides is 2. The summed E-state index contributed by atoms with van der Waals surface area (Å²) in [7, 11) is 1.57. The minimum absolute atomic E-state index is 0.269. The molecule has 2 amide bonds. The van der Waals surface area contributed by atoms with E-state index in [9.17, 15) is 9.59 Å². The van der Waals surface area contributed by atoms with Gasteiger partial charge in [-0.1, -0.05) is 42.5 Å². The van der Waals surface area contributed by atoms with Gasteiger partial charge in [-0.15, -0.1) is 0 Å². The van der Waals surface area contributed by atoms with E-state index >= 15 is 0 Å². The highest BCUT2D eigenvalue weighted by Crippen LogP contribution is 2.30. The van der Waals surface area contributed by atoms with Crippen molar-refractivity contribution < 1.29 is 19.1 Å². The van der Waals surface area contributed by atoms with Crippen molar-refractivity contribution in [1.82, 2.24) is 5.32 Å². The van der Waals surface area contributed by atoms with Crippen LogP contribution in [-0.2, 0) is 16.0 Å². The summed E-state index contributed by atoms with van der Waals surface area (Å²) in [5.74, 6) is -0.427. The number of carbonyl (C=O) groups is 2. The molecule has 2 atom stereocenters. The Balaban J connectivity index is 1.75. The standard InChI is InChI=1S/C21H22N2O4/c1-14-18(20(24)27-12-11-15-7-4-3-5-8-15)19(23-21(25)22-14)16-9-6-10-17(13-16)26-2/h3-10,13,18-19H,11-12H2,1-2H3,(H,23,25). The number of hydrogen-bond donors (Lipinski definition) is 1. The Morgan fingerprint density at radius 1 is 1.15 bits per heavy atom. The number of benzene rings is 2. The van der Waals surface area contributed by atoms with E-state index in [1.807, 2.05) is 48.5 Å². The summed E-state index contributed by atoms with van der Waals surface area (Å²) >= 11 is 0.